The zero-order valence-corrected chi connectivity index (χ0v) is 30.3. The second-order valence-electron chi connectivity index (χ2n) is 12.9. The van der Waals surface area contributed by atoms with Crippen molar-refractivity contribution in [1.29, 1.82) is 0 Å². The van der Waals surface area contributed by atoms with Crippen LogP contribution in [0, 0.1) is 0 Å². The Bertz CT molecular complexity index is 1790. The number of hydrogen-bond donors (Lipinski definition) is 3. The van der Waals surface area contributed by atoms with Crippen LogP contribution in [0.2, 0.25) is 5.02 Å². The molecule has 0 unspecified atom stereocenters. The summed E-state index contributed by atoms with van der Waals surface area (Å²) >= 11 is 6.04. The van der Waals surface area contributed by atoms with E-state index in [0.717, 1.165) is 10.5 Å². The Morgan fingerprint density at radius 1 is 0.981 bits per heavy atom. The second kappa shape index (κ2) is 17.8. The van der Waals surface area contributed by atoms with E-state index in [0.29, 0.717) is 56.4 Å². The number of rotatable bonds is 17. The van der Waals surface area contributed by atoms with E-state index in [9.17, 15) is 32.3 Å². The number of esters is 1. The van der Waals surface area contributed by atoms with Crippen molar-refractivity contribution in [2.75, 3.05) is 70.8 Å². The van der Waals surface area contributed by atoms with Gasteiger partial charge in [0, 0.05) is 56.4 Å². The maximum Gasteiger partial charge on any atom is 0.422 e. The number of aromatic nitrogens is 3. The van der Waals surface area contributed by atoms with Gasteiger partial charge in [0.25, 0.3) is 11.8 Å². The third-order valence-corrected chi connectivity index (χ3v) is 8.78. The highest BCUT2D eigenvalue weighted by Crippen LogP contribution is 2.48. The molecular formula is C35H40ClF3N8O7. The molecule has 3 N–H and O–H groups in total. The summed E-state index contributed by atoms with van der Waals surface area (Å²) in [7, 11) is 2.86. The minimum Gasteiger partial charge on any atom is -0.463 e. The van der Waals surface area contributed by atoms with Crippen molar-refractivity contribution in [2.45, 2.75) is 43.4 Å². The predicted octanol–water partition coefficient (Wildman–Crippen LogP) is 3.72. The Morgan fingerprint density at radius 3 is 2.28 bits per heavy atom. The topological polar surface area (TPSA) is 177 Å². The molecule has 19 heteroatoms. The van der Waals surface area contributed by atoms with Gasteiger partial charge in [0.1, 0.15) is 12.6 Å². The number of alkyl halides is 3. The Kier molecular flexibility index (Phi) is 13.3. The first-order valence-electron chi connectivity index (χ1n) is 17.1. The number of ether oxygens (including phenoxy) is 3. The molecule has 0 spiro atoms. The van der Waals surface area contributed by atoms with E-state index in [1.54, 1.807) is 12.1 Å². The van der Waals surface area contributed by atoms with E-state index in [4.69, 9.17) is 25.8 Å². The SMILES string of the molecule is CN(C)C(=O)C(=O)CC[C@H](NC(=O)c1ccc(Nc2nc(NC3(c4ccc(Cl)cc4)CC3)nc(OCC(F)(F)F)n2)cc1)C(=O)OCCN1CCOCC1. The molecule has 1 saturated carbocycles. The van der Waals surface area contributed by atoms with Crippen LogP contribution in [0.1, 0.15) is 41.6 Å². The number of nitrogens with one attached hydrogen (secondary N) is 3. The molecule has 1 saturated heterocycles. The molecule has 1 aliphatic carbocycles. The summed E-state index contributed by atoms with van der Waals surface area (Å²) in [5.74, 6) is -3.04. The summed E-state index contributed by atoms with van der Waals surface area (Å²) < 4.78 is 54.5. The van der Waals surface area contributed by atoms with Crippen LogP contribution in [0.25, 0.3) is 0 Å². The van der Waals surface area contributed by atoms with Crippen molar-refractivity contribution in [1.82, 2.24) is 30.1 Å². The fourth-order valence-electron chi connectivity index (χ4n) is 5.43. The van der Waals surface area contributed by atoms with E-state index in [1.807, 2.05) is 12.1 Å². The van der Waals surface area contributed by atoms with Gasteiger partial charge >= 0.3 is 18.2 Å². The lowest BCUT2D eigenvalue weighted by atomic mass is 10.1. The molecule has 1 atom stereocenters. The van der Waals surface area contributed by atoms with E-state index in [-0.39, 0.29) is 36.9 Å². The third kappa shape index (κ3) is 11.7. The molecular weight excluding hydrogens is 737 g/mol. The summed E-state index contributed by atoms with van der Waals surface area (Å²) in [6.45, 7) is 1.40. The summed E-state index contributed by atoms with van der Waals surface area (Å²) in [6.07, 6.45) is -3.69. The molecule has 0 radical (unpaired) electrons. The lowest BCUT2D eigenvalue weighted by molar-refractivity contribution is -0.154. The summed E-state index contributed by atoms with van der Waals surface area (Å²) in [5, 5.41) is 9.23. The van der Waals surface area contributed by atoms with Gasteiger partial charge in [-0.15, -0.1) is 0 Å². The molecule has 290 valence electrons. The summed E-state index contributed by atoms with van der Waals surface area (Å²) in [4.78, 5) is 66.4. The van der Waals surface area contributed by atoms with Gasteiger partial charge in [-0.1, -0.05) is 23.7 Å². The Labute approximate surface area is 313 Å². The molecule has 2 amide bonds. The second-order valence-corrected chi connectivity index (χ2v) is 13.3. The number of benzene rings is 2. The molecule has 2 fully saturated rings. The van der Waals surface area contributed by atoms with Gasteiger partial charge < -0.3 is 35.1 Å². The number of likely N-dealkylation sites (N-methyl/N-ethyl adjacent to an activating group) is 1. The third-order valence-electron chi connectivity index (χ3n) is 8.53. The number of morpholine rings is 1. The number of amides is 2. The Balaban J connectivity index is 1.26. The highest BCUT2D eigenvalue weighted by molar-refractivity contribution is 6.35. The van der Waals surface area contributed by atoms with Crippen LogP contribution in [-0.4, -0.2) is 121 Å². The first kappa shape index (κ1) is 40.1. The van der Waals surface area contributed by atoms with Crippen molar-refractivity contribution in [3.63, 3.8) is 0 Å². The van der Waals surface area contributed by atoms with Gasteiger partial charge in [-0.2, -0.15) is 28.1 Å². The van der Waals surface area contributed by atoms with Crippen LogP contribution >= 0.6 is 11.6 Å². The first-order valence-corrected chi connectivity index (χ1v) is 17.5. The van der Waals surface area contributed by atoms with E-state index in [1.165, 1.54) is 38.4 Å². The smallest absolute Gasteiger partial charge is 0.422 e. The number of carbonyl (C=O) groups excluding carboxylic acids is 4. The average molecular weight is 777 g/mol. The molecule has 5 rings (SSSR count). The fraction of sp³-hybridized carbons (Fsp3) is 0.457. The van der Waals surface area contributed by atoms with Crippen LogP contribution < -0.4 is 20.7 Å². The minimum atomic E-state index is -4.64. The first-order chi connectivity index (χ1) is 25.7. The number of halogens is 4. The number of ketones is 1. The van der Waals surface area contributed by atoms with Gasteiger partial charge in [-0.05, 0) is 61.2 Å². The van der Waals surface area contributed by atoms with Crippen LogP contribution in [0.5, 0.6) is 6.01 Å². The zero-order chi connectivity index (χ0) is 38.9. The lowest BCUT2D eigenvalue weighted by Crippen LogP contribution is -2.44. The highest BCUT2D eigenvalue weighted by atomic mass is 35.5. The van der Waals surface area contributed by atoms with Crippen molar-refractivity contribution < 1.29 is 46.6 Å². The van der Waals surface area contributed by atoms with E-state index >= 15 is 0 Å². The van der Waals surface area contributed by atoms with Crippen LogP contribution in [0.15, 0.2) is 48.5 Å². The molecule has 2 aromatic carbocycles. The summed E-state index contributed by atoms with van der Waals surface area (Å²) in [6, 6.07) is 11.2. The van der Waals surface area contributed by atoms with Gasteiger partial charge in [-0.3, -0.25) is 19.3 Å². The maximum atomic E-state index is 13.3. The minimum absolute atomic E-state index is 0.0261. The van der Waals surface area contributed by atoms with Gasteiger partial charge in [0.15, 0.2) is 6.61 Å². The molecule has 0 bridgehead atoms. The van der Waals surface area contributed by atoms with Crippen LogP contribution in [0.4, 0.5) is 30.8 Å². The fourth-order valence-corrected chi connectivity index (χ4v) is 5.56. The van der Waals surface area contributed by atoms with E-state index in [2.05, 4.69) is 35.8 Å². The largest absolute Gasteiger partial charge is 0.463 e. The molecule has 1 aliphatic heterocycles. The molecule has 54 heavy (non-hydrogen) atoms. The lowest BCUT2D eigenvalue weighted by Gasteiger charge is -2.26. The van der Waals surface area contributed by atoms with Crippen molar-refractivity contribution in [3.8, 4) is 6.01 Å². The van der Waals surface area contributed by atoms with Crippen LogP contribution in [-0.2, 0) is 29.4 Å². The molecule has 1 aromatic heterocycles. The standard InChI is InChI=1S/C35H40ClF3N8O7/c1-46(2)29(50)27(48)12-11-26(30(51)53-20-17-47-15-18-52-19-16-47)41-28(49)22-3-9-25(10-4-22)40-31-42-32(44-33(43-31)54-21-35(37,38)39)45-34(13-14-34)23-5-7-24(36)8-6-23/h3-10,26H,11-21H2,1-2H3,(H,41,49)(H2,40,42,43,44,45)/t26-/m0/s1. The van der Waals surface area contributed by atoms with Crippen molar-refractivity contribution in [3.05, 3.63) is 64.7 Å². The quantitative estimate of drug-likeness (QED) is 0.134. The van der Waals surface area contributed by atoms with Crippen molar-refractivity contribution >= 4 is 52.8 Å². The Morgan fingerprint density at radius 2 is 1.65 bits per heavy atom. The van der Waals surface area contributed by atoms with Crippen LogP contribution in [0.3, 0.4) is 0 Å². The predicted molar refractivity (Wildman–Crippen MR) is 189 cm³/mol. The number of carbonyl (C=O) groups is 4. The molecule has 2 aliphatic rings. The Hall–Kier alpha value is -5.07. The normalized spacial score (nSPS) is 15.7. The maximum absolute atomic E-state index is 13.3. The number of Topliss-reactive ketones (excluding diaryl/α,β-unsaturated/α-hetero) is 1. The highest BCUT2D eigenvalue weighted by Gasteiger charge is 2.45. The van der Waals surface area contributed by atoms with Gasteiger partial charge in [0.2, 0.25) is 17.7 Å². The molecule has 2 heterocycles. The van der Waals surface area contributed by atoms with Gasteiger partial charge in [-0.25, -0.2) is 4.79 Å². The zero-order valence-electron chi connectivity index (χ0n) is 29.6. The number of anilines is 3. The monoisotopic (exact) mass is 776 g/mol. The number of hydrogen-bond acceptors (Lipinski definition) is 13. The summed E-state index contributed by atoms with van der Waals surface area (Å²) in [5.41, 5.74) is 0.830. The number of nitrogens with zero attached hydrogens (tertiary/aromatic N) is 5. The van der Waals surface area contributed by atoms with Gasteiger partial charge in [0.05, 0.1) is 18.8 Å². The van der Waals surface area contributed by atoms with Crippen molar-refractivity contribution in [2.24, 2.45) is 0 Å². The van der Waals surface area contributed by atoms with E-state index < -0.39 is 53.9 Å². The average Bonchev–Trinajstić information content (AvgIpc) is 3.92. The molecule has 15 nitrogen and oxygen atoms in total. The molecule has 3 aromatic rings.